The first-order valence-corrected chi connectivity index (χ1v) is 7.08. The smallest absolute Gasteiger partial charge is 0.240 e. The van der Waals surface area contributed by atoms with Crippen molar-refractivity contribution in [3.8, 4) is 0 Å². The van der Waals surface area contributed by atoms with Gasteiger partial charge in [0.25, 0.3) is 0 Å². The van der Waals surface area contributed by atoms with Crippen LogP contribution >= 0.6 is 0 Å². The van der Waals surface area contributed by atoms with Crippen LogP contribution in [-0.2, 0) is 4.79 Å². The predicted molar refractivity (Wildman–Crippen MR) is 76.2 cm³/mol. The molecule has 1 atom stereocenters. The Balaban J connectivity index is 2.56. The molecule has 0 spiro atoms. The molecule has 0 saturated carbocycles. The van der Waals surface area contributed by atoms with Crippen molar-refractivity contribution < 1.29 is 4.79 Å². The highest BCUT2D eigenvalue weighted by atomic mass is 16.2. The number of carbonyl (C=O) groups is 1. The molecule has 3 nitrogen and oxygen atoms in total. The van der Waals surface area contributed by atoms with E-state index in [1.807, 2.05) is 25.7 Å². The summed E-state index contributed by atoms with van der Waals surface area (Å²) >= 11 is 0. The monoisotopic (exact) mass is 254 g/mol. The Morgan fingerprint density at radius 2 is 1.56 bits per heavy atom. The summed E-state index contributed by atoms with van der Waals surface area (Å²) in [5.74, 6) is 0.835. The standard InChI is InChI=1S/C15H30N2O/c1-14(2,3)11-7-9-17(10-8-11)13(18)12(16)15(4,5)6/h11-12H,7-10,16H2,1-6H3. The molecule has 1 unspecified atom stereocenters. The first-order chi connectivity index (χ1) is 8.03. The Labute approximate surface area is 112 Å². The van der Waals surface area contributed by atoms with Crippen molar-refractivity contribution in [2.45, 2.75) is 60.4 Å². The fraction of sp³-hybridized carbons (Fsp3) is 0.933. The molecule has 1 aliphatic heterocycles. The van der Waals surface area contributed by atoms with Gasteiger partial charge in [0.2, 0.25) is 5.91 Å². The van der Waals surface area contributed by atoms with E-state index >= 15 is 0 Å². The van der Waals surface area contributed by atoms with Crippen LogP contribution in [0.5, 0.6) is 0 Å². The van der Waals surface area contributed by atoms with E-state index in [1.54, 1.807) is 0 Å². The number of hydrogen-bond acceptors (Lipinski definition) is 2. The van der Waals surface area contributed by atoms with E-state index < -0.39 is 0 Å². The molecule has 1 saturated heterocycles. The summed E-state index contributed by atoms with van der Waals surface area (Å²) in [6.07, 6.45) is 2.21. The number of hydrogen-bond donors (Lipinski definition) is 1. The van der Waals surface area contributed by atoms with E-state index in [0.29, 0.717) is 11.3 Å². The topological polar surface area (TPSA) is 46.3 Å². The van der Waals surface area contributed by atoms with Gasteiger partial charge in [0, 0.05) is 13.1 Å². The van der Waals surface area contributed by atoms with Gasteiger partial charge in [0.05, 0.1) is 6.04 Å². The van der Waals surface area contributed by atoms with Crippen molar-refractivity contribution in [2.24, 2.45) is 22.5 Å². The van der Waals surface area contributed by atoms with Gasteiger partial charge in [0.15, 0.2) is 0 Å². The molecule has 0 radical (unpaired) electrons. The molecule has 1 amide bonds. The average Bonchev–Trinajstić information content (AvgIpc) is 2.25. The van der Waals surface area contributed by atoms with E-state index in [9.17, 15) is 4.79 Å². The highest BCUT2D eigenvalue weighted by Gasteiger charge is 2.35. The molecule has 1 rings (SSSR count). The van der Waals surface area contributed by atoms with Crippen LogP contribution in [0.3, 0.4) is 0 Å². The van der Waals surface area contributed by atoms with Crippen LogP contribution in [0, 0.1) is 16.7 Å². The summed E-state index contributed by atoms with van der Waals surface area (Å²) in [5, 5.41) is 0. The Kier molecular flexibility index (Phi) is 4.47. The lowest BCUT2D eigenvalue weighted by molar-refractivity contribution is -0.136. The second-order valence-electron chi connectivity index (χ2n) is 7.81. The Bertz CT molecular complexity index is 291. The van der Waals surface area contributed by atoms with Crippen LogP contribution in [-0.4, -0.2) is 29.9 Å². The molecular weight excluding hydrogens is 224 g/mol. The number of rotatable bonds is 1. The third-order valence-electron chi connectivity index (χ3n) is 4.23. The quantitative estimate of drug-likeness (QED) is 0.782. The summed E-state index contributed by atoms with van der Waals surface area (Å²) < 4.78 is 0. The van der Waals surface area contributed by atoms with Crippen molar-refractivity contribution in [3.63, 3.8) is 0 Å². The van der Waals surface area contributed by atoms with Gasteiger partial charge < -0.3 is 10.6 Å². The molecule has 2 N–H and O–H groups in total. The maximum absolute atomic E-state index is 12.3. The van der Waals surface area contributed by atoms with Gasteiger partial charge in [-0.1, -0.05) is 41.5 Å². The minimum atomic E-state index is -0.385. The lowest BCUT2D eigenvalue weighted by Crippen LogP contribution is -2.53. The van der Waals surface area contributed by atoms with Gasteiger partial charge in [-0.05, 0) is 29.6 Å². The maximum Gasteiger partial charge on any atom is 0.240 e. The summed E-state index contributed by atoms with van der Waals surface area (Å²) in [7, 11) is 0. The van der Waals surface area contributed by atoms with Crippen LogP contribution in [0.25, 0.3) is 0 Å². The van der Waals surface area contributed by atoms with E-state index in [4.69, 9.17) is 5.73 Å². The lowest BCUT2D eigenvalue weighted by Gasteiger charge is -2.40. The fourth-order valence-corrected chi connectivity index (χ4v) is 2.53. The molecule has 0 aliphatic carbocycles. The Morgan fingerprint density at radius 1 is 1.11 bits per heavy atom. The molecule has 0 aromatic carbocycles. The van der Waals surface area contributed by atoms with Gasteiger partial charge in [-0.25, -0.2) is 0 Å². The van der Waals surface area contributed by atoms with Crippen molar-refractivity contribution in [2.75, 3.05) is 13.1 Å². The van der Waals surface area contributed by atoms with Gasteiger partial charge >= 0.3 is 0 Å². The van der Waals surface area contributed by atoms with E-state index in [1.165, 1.54) is 0 Å². The SMILES string of the molecule is CC(C)(C)C1CCN(C(=O)C(N)C(C)(C)C)CC1. The normalized spacial score (nSPS) is 20.9. The third-order valence-corrected chi connectivity index (χ3v) is 4.23. The Morgan fingerprint density at radius 3 is 1.89 bits per heavy atom. The minimum absolute atomic E-state index is 0.120. The summed E-state index contributed by atoms with van der Waals surface area (Å²) in [6, 6.07) is -0.385. The van der Waals surface area contributed by atoms with Crippen LogP contribution in [0.15, 0.2) is 0 Å². The van der Waals surface area contributed by atoms with Crippen LogP contribution in [0.4, 0.5) is 0 Å². The summed E-state index contributed by atoms with van der Waals surface area (Å²) in [6.45, 7) is 14.7. The van der Waals surface area contributed by atoms with Gasteiger partial charge in [-0.2, -0.15) is 0 Å². The number of likely N-dealkylation sites (tertiary alicyclic amines) is 1. The van der Waals surface area contributed by atoms with Crippen LogP contribution in [0.1, 0.15) is 54.4 Å². The third kappa shape index (κ3) is 3.71. The van der Waals surface area contributed by atoms with E-state index in [2.05, 4.69) is 20.8 Å². The fourth-order valence-electron chi connectivity index (χ4n) is 2.53. The first-order valence-electron chi connectivity index (χ1n) is 7.08. The zero-order valence-corrected chi connectivity index (χ0v) is 12.9. The van der Waals surface area contributed by atoms with E-state index in [0.717, 1.165) is 25.9 Å². The summed E-state index contributed by atoms with van der Waals surface area (Å²) in [4.78, 5) is 14.3. The number of nitrogens with zero attached hydrogens (tertiary/aromatic N) is 1. The van der Waals surface area contributed by atoms with Crippen LogP contribution < -0.4 is 5.73 Å². The molecular formula is C15H30N2O. The second-order valence-corrected chi connectivity index (χ2v) is 7.81. The van der Waals surface area contributed by atoms with Crippen molar-refractivity contribution in [3.05, 3.63) is 0 Å². The van der Waals surface area contributed by atoms with Crippen molar-refractivity contribution in [1.29, 1.82) is 0 Å². The first kappa shape index (κ1) is 15.5. The van der Waals surface area contributed by atoms with Crippen molar-refractivity contribution >= 4 is 5.91 Å². The van der Waals surface area contributed by atoms with Crippen LogP contribution in [0.2, 0.25) is 0 Å². The molecule has 1 fully saturated rings. The number of piperidine rings is 1. The number of nitrogens with two attached hydrogens (primary N) is 1. The van der Waals surface area contributed by atoms with Gasteiger partial charge in [-0.15, -0.1) is 0 Å². The van der Waals surface area contributed by atoms with Gasteiger partial charge in [-0.3, -0.25) is 4.79 Å². The Hall–Kier alpha value is -0.570. The molecule has 1 aliphatic rings. The molecule has 0 aromatic heterocycles. The molecule has 0 bridgehead atoms. The lowest BCUT2D eigenvalue weighted by atomic mass is 9.75. The zero-order valence-electron chi connectivity index (χ0n) is 12.9. The van der Waals surface area contributed by atoms with Gasteiger partial charge in [0.1, 0.15) is 0 Å². The zero-order chi connectivity index (χ0) is 14.1. The molecule has 0 aromatic rings. The van der Waals surface area contributed by atoms with Crippen molar-refractivity contribution in [1.82, 2.24) is 4.90 Å². The minimum Gasteiger partial charge on any atom is -0.341 e. The maximum atomic E-state index is 12.3. The number of carbonyl (C=O) groups excluding carboxylic acids is 1. The predicted octanol–water partition coefficient (Wildman–Crippen LogP) is 2.64. The second kappa shape index (κ2) is 5.20. The largest absolute Gasteiger partial charge is 0.341 e. The molecule has 3 heteroatoms. The highest BCUT2D eigenvalue weighted by molar-refractivity contribution is 5.82. The molecule has 106 valence electrons. The summed E-state index contributed by atoms with van der Waals surface area (Å²) in [5.41, 5.74) is 6.25. The number of amides is 1. The molecule has 1 heterocycles. The molecule has 18 heavy (non-hydrogen) atoms. The highest BCUT2D eigenvalue weighted by Crippen LogP contribution is 2.34. The van der Waals surface area contributed by atoms with E-state index in [-0.39, 0.29) is 17.4 Å². The average molecular weight is 254 g/mol.